The fraction of sp³-hybridized carbons (Fsp3) is 0.318. The van der Waals surface area contributed by atoms with Gasteiger partial charge in [0.05, 0.1) is 6.61 Å². The Balaban J connectivity index is 0.000000285. The Labute approximate surface area is 176 Å². The number of halogens is 1. The minimum absolute atomic E-state index is 0.144. The minimum Gasteiger partial charge on any atom is -0.507 e. The van der Waals surface area contributed by atoms with Crippen molar-refractivity contribution in [1.82, 2.24) is 10.3 Å². The summed E-state index contributed by atoms with van der Waals surface area (Å²) in [6.45, 7) is 6.23. The number of carbonyl (C=O) groups excluding carboxylic acids is 1. The second-order valence-corrected chi connectivity index (χ2v) is 6.55. The van der Waals surface area contributed by atoms with Crippen LogP contribution in [0.2, 0.25) is 0 Å². The number of likely N-dealkylation sites (N-methyl/N-ethyl adjacent to an activating group) is 1. The van der Waals surface area contributed by atoms with Crippen LogP contribution in [0.25, 0.3) is 11.8 Å². The molecule has 164 valence electrons. The van der Waals surface area contributed by atoms with Crippen LogP contribution in [-0.4, -0.2) is 42.4 Å². The van der Waals surface area contributed by atoms with E-state index in [1.165, 1.54) is 6.08 Å². The highest BCUT2D eigenvalue weighted by Crippen LogP contribution is 2.25. The van der Waals surface area contributed by atoms with Crippen LogP contribution in [0.1, 0.15) is 29.5 Å². The van der Waals surface area contributed by atoms with Crippen LogP contribution >= 0.6 is 0 Å². The largest absolute Gasteiger partial charge is 0.507 e. The topological polar surface area (TPSA) is 126 Å². The number of phenols is 1. The van der Waals surface area contributed by atoms with Crippen molar-refractivity contribution in [2.75, 3.05) is 26.0 Å². The number of para-hydroxylation sites is 1. The van der Waals surface area contributed by atoms with Crippen LogP contribution in [0.4, 0.5) is 10.2 Å². The molecule has 2 aromatic rings. The molecule has 1 saturated heterocycles. The first-order chi connectivity index (χ1) is 14.3. The number of rotatable bonds is 3. The molecule has 0 spiro atoms. The van der Waals surface area contributed by atoms with E-state index in [0.717, 1.165) is 24.2 Å². The predicted molar refractivity (Wildman–Crippen MR) is 119 cm³/mol. The third kappa shape index (κ3) is 8.40. The van der Waals surface area contributed by atoms with Gasteiger partial charge in [-0.2, -0.15) is 0 Å². The van der Waals surface area contributed by atoms with E-state index in [-0.39, 0.29) is 11.7 Å². The molecular formula is C22H31FN4O3. The second kappa shape index (κ2) is 13.1. The summed E-state index contributed by atoms with van der Waals surface area (Å²) >= 11 is 0. The molecule has 8 heteroatoms. The number of H-pyrrole nitrogens is 1. The molecule has 1 aromatic carbocycles. The number of nitrogens with one attached hydrogen (secondary N) is 2. The number of phenolic OH excluding ortho intramolecular Hbond substituents is 1. The van der Waals surface area contributed by atoms with Gasteiger partial charge in [0.25, 0.3) is 0 Å². The lowest BCUT2D eigenvalue weighted by Gasteiger charge is -2.13. The summed E-state index contributed by atoms with van der Waals surface area (Å²) in [7, 11) is 1.56. The number of anilines is 1. The molecule has 7 nitrogen and oxygen atoms in total. The number of carbonyl (C=O) groups is 1. The highest BCUT2D eigenvalue weighted by Gasteiger charge is 2.10. The van der Waals surface area contributed by atoms with Gasteiger partial charge in [-0.15, -0.1) is 0 Å². The van der Waals surface area contributed by atoms with Crippen molar-refractivity contribution in [2.24, 2.45) is 5.73 Å². The lowest BCUT2D eigenvalue weighted by Crippen LogP contribution is -2.17. The number of aromatic hydroxyl groups is 1. The maximum atomic E-state index is 12.1. The second-order valence-electron chi connectivity index (χ2n) is 6.55. The number of alkyl halides is 1. The van der Waals surface area contributed by atoms with Gasteiger partial charge in [-0.3, -0.25) is 4.79 Å². The van der Waals surface area contributed by atoms with Gasteiger partial charge < -0.3 is 31.6 Å². The van der Waals surface area contributed by atoms with Gasteiger partial charge >= 0.3 is 0 Å². The van der Waals surface area contributed by atoms with E-state index in [0.29, 0.717) is 30.1 Å². The highest BCUT2D eigenvalue weighted by molar-refractivity contribution is 5.86. The van der Waals surface area contributed by atoms with Crippen molar-refractivity contribution in [1.29, 1.82) is 0 Å². The van der Waals surface area contributed by atoms with Crippen molar-refractivity contribution in [3.05, 3.63) is 59.8 Å². The first kappa shape index (κ1) is 24.8. The Morgan fingerprint density at radius 2 is 2.13 bits per heavy atom. The molecule has 1 amide bonds. The van der Waals surface area contributed by atoms with Crippen LogP contribution in [0.5, 0.6) is 5.75 Å². The summed E-state index contributed by atoms with van der Waals surface area (Å²) in [6, 6.07) is 6.94. The Hall–Kier alpha value is -3.26. The van der Waals surface area contributed by atoms with Gasteiger partial charge in [0, 0.05) is 36.7 Å². The molecule has 0 saturated carbocycles. The SMILES string of the molecule is C=CC(=O)NC.Cc1c[nH]c(N)c1/C=C(\N)c1ccccc1O.FC1CCCOC1. The molecule has 0 bridgehead atoms. The van der Waals surface area contributed by atoms with Gasteiger partial charge in [0.1, 0.15) is 17.7 Å². The monoisotopic (exact) mass is 418 g/mol. The predicted octanol–water partition coefficient (Wildman–Crippen LogP) is 3.12. The normalized spacial score (nSPS) is 15.7. The lowest BCUT2D eigenvalue weighted by molar-refractivity contribution is -0.116. The van der Waals surface area contributed by atoms with Crippen molar-refractivity contribution < 1.29 is 19.0 Å². The van der Waals surface area contributed by atoms with Crippen LogP contribution in [0.3, 0.4) is 0 Å². The fourth-order valence-corrected chi connectivity index (χ4v) is 2.50. The number of hydrogen-bond donors (Lipinski definition) is 5. The van der Waals surface area contributed by atoms with Crippen molar-refractivity contribution in [3.63, 3.8) is 0 Å². The summed E-state index contributed by atoms with van der Waals surface area (Å²) < 4.78 is 16.9. The smallest absolute Gasteiger partial charge is 0.243 e. The molecule has 1 fully saturated rings. The molecular weight excluding hydrogens is 387 g/mol. The zero-order valence-corrected chi connectivity index (χ0v) is 17.5. The number of aryl methyl sites for hydroxylation is 1. The number of ether oxygens (including phenoxy) is 1. The van der Waals surface area contributed by atoms with E-state index in [1.54, 1.807) is 31.3 Å². The molecule has 0 aliphatic carbocycles. The molecule has 2 heterocycles. The van der Waals surface area contributed by atoms with Crippen LogP contribution in [0, 0.1) is 6.92 Å². The maximum Gasteiger partial charge on any atom is 0.243 e. The summed E-state index contributed by atoms with van der Waals surface area (Å²) in [5, 5.41) is 12.0. The molecule has 1 atom stereocenters. The Morgan fingerprint density at radius 3 is 2.53 bits per heavy atom. The van der Waals surface area contributed by atoms with E-state index >= 15 is 0 Å². The van der Waals surface area contributed by atoms with Crippen LogP contribution in [-0.2, 0) is 9.53 Å². The fourth-order valence-electron chi connectivity index (χ4n) is 2.50. The number of amides is 1. The molecule has 7 N–H and O–H groups in total. The zero-order valence-electron chi connectivity index (χ0n) is 17.5. The number of aromatic amines is 1. The number of nitrogens with two attached hydrogens (primary N) is 2. The zero-order chi connectivity index (χ0) is 22.5. The van der Waals surface area contributed by atoms with E-state index in [4.69, 9.17) is 16.2 Å². The number of benzene rings is 1. The molecule has 1 aliphatic rings. The van der Waals surface area contributed by atoms with Gasteiger partial charge in [-0.05, 0) is 49.6 Å². The van der Waals surface area contributed by atoms with E-state index in [1.807, 2.05) is 19.2 Å². The molecule has 3 rings (SSSR count). The lowest BCUT2D eigenvalue weighted by atomic mass is 10.1. The number of hydrogen-bond acceptors (Lipinski definition) is 5. The first-order valence-corrected chi connectivity index (χ1v) is 9.55. The maximum absolute atomic E-state index is 12.1. The number of nitrogen functional groups attached to an aromatic ring is 1. The van der Waals surface area contributed by atoms with Gasteiger partial charge in [0.2, 0.25) is 5.91 Å². The molecule has 1 aromatic heterocycles. The van der Waals surface area contributed by atoms with E-state index < -0.39 is 6.17 Å². The molecule has 1 aliphatic heterocycles. The number of aromatic nitrogens is 1. The third-order valence-corrected chi connectivity index (χ3v) is 4.21. The van der Waals surface area contributed by atoms with E-state index in [9.17, 15) is 14.3 Å². The highest BCUT2D eigenvalue weighted by atomic mass is 19.1. The van der Waals surface area contributed by atoms with Crippen molar-refractivity contribution in [2.45, 2.75) is 25.9 Å². The van der Waals surface area contributed by atoms with Gasteiger partial charge in [-0.1, -0.05) is 18.7 Å². The van der Waals surface area contributed by atoms with Crippen LogP contribution in [0.15, 0.2) is 43.1 Å². The van der Waals surface area contributed by atoms with Crippen LogP contribution < -0.4 is 16.8 Å². The Morgan fingerprint density at radius 1 is 1.43 bits per heavy atom. The molecule has 1 unspecified atom stereocenters. The average molecular weight is 419 g/mol. The summed E-state index contributed by atoms with van der Waals surface area (Å²) in [4.78, 5) is 12.9. The van der Waals surface area contributed by atoms with Crippen molar-refractivity contribution >= 4 is 23.5 Å². The Kier molecular flexibility index (Phi) is 10.8. The Bertz CT molecular complexity index is 823. The van der Waals surface area contributed by atoms with E-state index in [2.05, 4.69) is 16.9 Å². The third-order valence-electron chi connectivity index (χ3n) is 4.21. The molecule has 0 radical (unpaired) electrons. The standard InChI is InChI=1S/C13H15N3O.C5H9FO.C4H7NO/c1-8-7-16-13(15)10(8)6-11(14)9-4-2-3-5-12(9)17;6-5-2-1-3-7-4-5;1-3-4(6)5-2/h2-7,16-17H,14-15H2,1H3;5H,1-4H2;3H,1H2,2H3,(H,5,6)/b11-6-;;. The van der Waals surface area contributed by atoms with Crippen molar-refractivity contribution in [3.8, 4) is 5.75 Å². The summed E-state index contributed by atoms with van der Waals surface area (Å²) in [5.74, 6) is 0.587. The first-order valence-electron chi connectivity index (χ1n) is 9.55. The molecule has 30 heavy (non-hydrogen) atoms. The quantitative estimate of drug-likeness (QED) is 0.490. The summed E-state index contributed by atoms with van der Waals surface area (Å²) in [5.41, 5.74) is 14.7. The van der Waals surface area contributed by atoms with Gasteiger partial charge in [-0.25, -0.2) is 4.39 Å². The average Bonchev–Trinajstić information content (AvgIpc) is 3.07. The summed E-state index contributed by atoms with van der Waals surface area (Å²) in [6.07, 6.45) is 5.70. The minimum atomic E-state index is -0.686. The van der Waals surface area contributed by atoms with Gasteiger partial charge in [0.15, 0.2) is 0 Å².